The molecule has 10 nitrogen and oxygen atoms in total. The van der Waals surface area contributed by atoms with Crippen molar-refractivity contribution < 1.29 is 19.5 Å². The Labute approximate surface area is 120 Å². The molecule has 1 aromatic rings. The van der Waals surface area contributed by atoms with Gasteiger partial charge in [0.25, 0.3) is 5.91 Å². The van der Waals surface area contributed by atoms with Crippen LogP contribution in [-0.2, 0) is 11.2 Å². The van der Waals surface area contributed by atoms with Crippen molar-refractivity contribution in [1.82, 2.24) is 25.6 Å². The molecule has 0 saturated carbocycles. The molecule has 0 spiro atoms. The van der Waals surface area contributed by atoms with Crippen LogP contribution in [-0.4, -0.2) is 51.1 Å². The molecule has 3 amide bonds. The SMILES string of the molecule is CCNC(=O)NC(=O)C(C)n1nnc(C(=O)O)c1CCN. The van der Waals surface area contributed by atoms with Gasteiger partial charge in [-0.25, -0.2) is 14.3 Å². The molecule has 116 valence electrons. The van der Waals surface area contributed by atoms with Crippen LogP contribution in [0.1, 0.15) is 36.1 Å². The molecule has 0 saturated heterocycles. The van der Waals surface area contributed by atoms with Gasteiger partial charge >= 0.3 is 12.0 Å². The van der Waals surface area contributed by atoms with Crippen molar-refractivity contribution in [2.75, 3.05) is 13.1 Å². The Morgan fingerprint density at radius 1 is 1.43 bits per heavy atom. The van der Waals surface area contributed by atoms with Crippen molar-refractivity contribution in [1.29, 1.82) is 0 Å². The van der Waals surface area contributed by atoms with Crippen molar-refractivity contribution in [2.24, 2.45) is 5.73 Å². The summed E-state index contributed by atoms with van der Waals surface area (Å²) in [5, 5.41) is 20.8. The molecule has 0 aliphatic carbocycles. The van der Waals surface area contributed by atoms with E-state index in [1.807, 2.05) is 0 Å². The second kappa shape index (κ2) is 7.33. The van der Waals surface area contributed by atoms with Crippen LogP contribution in [0.15, 0.2) is 0 Å². The van der Waals surface area contributed by atoms with E-state index in [1.54, 1.807) is 6.92 Å². The molecule has 1 rings (SSSR count). The number of carboxylic acid groups (broad SMARTS) is 1. The summed E-state index contributed by atoms with van der Waals surface area (Å²) < 4.78 is 1.16. The highest BCUT2D eigenvalue weighted by Gasteiger charge is 2.25. The molecule has 1 atom stereocenters. The number of aromatic nitrogens is 3. The van der Waals surface area contributed by atoms with E-state index in [-0.39, 0.29) is 24.4 Å². The molecule has 21 heavy (non-hydrogen) atoms. The summed E-state index contributed by atoms with van der Waals surface area (Å²) in [6, 6.07) is -1.52. The van der Waals surface area contributed by atoms with Crippen molar-refractivity contribution >= 4 is 17.9 Å². The molecule has 10 heteroatoms. The third-order valence-corrected chi connectivity index (χ3v) is 2.70. The minimum absolute atomic E-state index is 0.179. The number of nitrogens with zero attached hydrogens (tertiary/aromatic N) is 3. The van der Waals surface area contributed by atoms with E-state index < -0.39 is 23.9 Å². The topological polar surface area (TPSA) is 152 Å². The minimum atomic E-state index is -1.25. The highest BCUT2D eigenvalue weighted by Crippen LogP contribution is 2.13. The van der Waals surface area contributed by atoms with Gasteiger partial charge in [0.2, 0.25) is 0 Å². The summed E-state index contributed by atoms with van der Waals surface area (Å²) in [5.41, 5.74) is 5.42. The van der Waals surface area contributed by atoms with Gasteiger partial charge < -0.3 is 16.2 Å². The Balaban J connectivity index is 2.96. The quantitative estimate of drug-likeness (QED) is 0.519. The van der Waals surface area contributed by atoms with E-state index in [1.165, 1.54) is 6.92 Å². The first kappa shape index (κ1) is 16.6. The molecule has 5 N–H and O–H groups in total. The molecule has 1 heterocycles. The molecule has 0 fully saturated rings. The number of nitrogens with one attached hydrogen (secondary N) is 2. The highest BCUT2D eigenvalue weighted by molar-refractivity contribution is 5.96. The van der Waals surface area contributed by atoms with Gasteiger partial charge in [-0.05, 0) is 20.4 Å². The van der Waals surface area contributed by atoms with Gasteiger partial charge in [0.15, 0.2) is 5.69 Å². The third-order valence-electron chi connectivity index (χ3n) is 2.70. The van der Waals surface area contributed by atoms with Gasteiger partial charge in [-0.2, -0.15) is 0 Å². The average Bonchev–Trinajstić information content (AvgIpc) is 2.82. The number of hydrogen-bond donors (Lipinski definition) is 4. The molecule has 0 aliphatic heterocycles. The molecule has 0 aromatic carbocycles. The lowest BCUT2D eigenvalue weighted by Crippen LogP contribution is -2.42. The second-order valence-corrected chi connectivity index (χ2v) is 4.20. The molecule has 0 radical (unpaired) electrons. The summed E-state index contributed by atoms with van der Waals surface area (Å²) in [4.78, 5) is 34.3. The van der Waals surface area contributed by atoms with Crippen LogP contribution in [0, 0.1) is 0 Å². The predicted octanol–water partition coefficient (Wildman–Crippen LogP) is -1.12. The number of nitrogens with two attached hydrogens (primary N) is 1. The maximum atomic E-state index is 11.9. The Hall–Kier alpha value is -2.49. The second-order valence-electron chi connectivity index (χ2n) is 4.20. The van der Waals surface area contributed by atoms with E-state index in [9.17, 15) is 14.4 Å². The van der Waals surface area contributed by atoms with E-state index >= 15 is 0 Å². The lowest BCUT2D eigenvalue weighted by Gasteiger charge is -2.14. The largest absolute Gasteiger partial charge is 0.476 e. The number of hydrogen-bond acceptors (Lipinski definition) is 6. The highest BCUT2D eigenvalue weighted by atomic mass is 16.4. The van der Waals surface area contributed by atoms with Crippen molar-refractivity contribution in [3.63, 3.8) is 0 Å². The fraction of sp³-hybridized carbons (Fsp3) is 0.545. The lowest BCUT2D eigenvalue weighted by atomic mass is 10.2. The standard InChI is InChI=1S/C11H18N6O4/c1-3-13-11(21)14-9(18)6(2)17-7(4-5-12)8(10(19)20)15-16-17/h6H,3-5,12H2,1-2H3,(H,19,20)(H2,13,14,18,21). The van der Waals surface area contributed by atoms with Gasteiger partial charge in [0.05, 0.1) is 5.69 Å². The van der Waals surface area contributed by atoms with Gasteiger partial charge in [0, 0.05) is 13.0 Å². The molecule has 0 aliphatic rings. The van der Waals surface area contributed by atoms with Crippen LogP contribution in [0.2, 0.25) is 0 Å². The molecule has 1 unspecified atom stereocenters. The smallest absolute Gasteiger partial charge is 0.358 e. The predicted molar refractivity (Wildman–Crippen MR) is 71.7 cm³/mol. The molecular weight excluding hydrogens is 280 g/mol. The van der Waals surface area contributed by atoms with E-state index in [2.05, 4.69) is 20.9 Å². The minimum Gasteiger partial charge on any atom is -0.476 e. The summed E-state index contributed by atoms with van der Waals surface area (Å²) in [6.45, 7) is 3.75. The number of carboxylic acids is 1. The summed E-state index contributed by atoms with van der Waals surface area (Å²) in [7, 11) is 0. The zero-order chi connectivity index (χ0) is 16.0. The fourth-order valence-electron chi connectivity index (χ4n) is 1.69. The molecule has 0 bridgehead atoms. The maximum Gasteiger partial charge on any atom is 0.358 e. The molecule has 1 aromatic heterocycles. The summed E-state index contributed by atoms with van der Waals surface area (Å²) >= 11 is 0. The Morgan fingerprint density at radius 3 is 2.62 bits per heavy atom. The van der Waals surface area contributed by atoms with Crippen molar-refractivity contribution in [3.8, 4) is 0 Å². The Kier molecular flexibility index (Phi) is 5.79. The fourth-order valence-corrected chi connectivity index (χ4v) is 1.69. The first-order chi connectivity index (χ1) is 9.92. The normalized spacial score (nSPS) is 11.8. The zero-order valence-electron chi connectivity index (χ0n) is 11.8. The van der Waals surface area contributed by atoms with Gasteiger partial charge in [-0.3, -0.25) is 10.1 Å². The summed E-state index contributed by atoms with van der Waals surface area (Å²) in [5.74, 6) is -1.87. The number of imide groups is 1. The number of carbonyl (C=O) groups is 3. The molecular formula is C11H18N6O4. The monoisotopic (exact) mass is 298 g/mol. The Morgan fingerprint density at radius 2 is 2.10 bits per heavy atom. The van der Waals surface area contributed by atoms with Crippen molar-refractivity contribution in [2.45, 2.75) is 26.3 Å². The number of aromatic carboxylic acids is 1. The first-order valence-electron chi connectivity index (χ1n) is 6.38. The number of rotatable bonds is 6. The van der Waals surface area contributed by atoms with Crippen LogP contribution in [0.25, 0.3) is 0 Å². The third kappa shape index (κ3) is 3.99. The average molecular weight is 298 g/mol. The Bertz CT molecular complexity index is 541. The van der Waals surface area contributed by atoms with Crippen LogP contribution < -0.4 is 16.4 Å². The van der Waals surface area contributed by atoms with Crippen LogP contribution in [0.5, 0.6) is 0 Å². The van der Waals surface area contributed by atoms with Gasteiger partial charge in [-0.1, -0.05) is 5.21 Å². The van der Waals surface area contributed by atoms with Gasteiger partial charge in [0.1, 0.15) is 6.04 Å². The summed E-state index contributed by atoms with van der Waals surface area (Å²) in [6.07, 6.45) is 0.202. The van der Waals surface area contributed by atoms with Gasteiger partial charge in [-0.15, -0.1) is 5.10 Å². The van der Waals surface area contributed by atoms with Crippen LogP contribution >= 0.6 is 0 Å². The zero-order valence-corrected chi connectivity index (χ0v) is 11.8. The first-order valence-corrected chi connectivity index (χ1v) is 6.38. The van der Waals surface area contributed by atoms with E-state index in [0.717, 1.165) is 4.68 Å². The van der Waals surface area contributed by atoms with E-state index in [4.69, 9.17) is 10.8 Å². The van der Waals surface area contributed by atoms with E-state index in [0.29, 0.717) is 6.54 Å². The lowest BCUT2D eigenvalue weighted by molar-refractivity contribution is -0.123. The number of carbonyl (C=O) groups excluding carboxylic acids is 2. The maximum absolute atomic E-state index is 11.9. The van der Waals surface area contributed by atoms with Crippen molar-refractivity contribution in [3.05, 3.63) is 11.4 Å². The number of urea groups is 1. The van der Waals surface area contributed by atoms with Crippen LogP contribution in [0.3, 0.4) is 0 Å². The van der Waals surface area contributed by atoms with Crippen LogP contribution in [0.4, 0.5) is 4.79 Å². The number of amides is 3.